The molecule has 0 fully saturated rings. The van der Waals surface area contributed by atoms with E-state index in [1.54, 1.807) is 0 Å². The second-order valence-corrected chi connectivity index (χ2v) is 3.66. The highest BCUT2D eigenvalue weighted by molar-refractivity contribution is 9.10. The average Bonchev–Trinajstić information content (AvgIpc) is 2.14. The predicted molar refractivity (Wildman–Crippen MR) is 50.6 cm³/mol. The summed E-state index contributed by atoms with van der Waals surface area (Å²) in [6.07, 6.45) is -3.48. The Morgan fingerprint density at radius 3 is 2.40 bits per heavy atom. The van der Waals surface area contributed by atoms with Crippen LogP contribution in [-0.2, 0) is 0 Å². The van der Waals surface area contributed by atoms with E-state index in [0.29, 0.717) is 6.07 Å². The van der Waals surface area contributed by atoms with Crippen LogP contribution in [0.1, 0.15) is 11.7 Å². The third kappa shape index (κ3) is 2.50. The highest BCUT2D eigenvalue weighted by atomic mass is 79.9. The van der Waals surface area contributed by atoms with E-state index in [9.17, 15) is 13.9 Å². The molecule has 2 atom stereocenters. The zero-order valence-electron chi connectivity index (χ0n) is 7.28. The van der Waals surface area contributed by atoms with Crippen LogP contribution >= 0.6 is 15.9 Å². The van der Waals surface area contributed by atoms with Crippen molar-refractivity contribution in [3.05, 3.63) is 33.8 Å². The zero-order chi connectivity index (χ0) is 11.6. The number of aliphatic hydroxyl groups is 2. The maximum absolute atomic E-state index is 13.2. The third-order valence-corrected chi connectivity index (χ3v) is 2.43. The van der Waals surface area contributed by atoms with Gasteiger partial charge in [-0.2, -0.15) is 5.26 Å². The molecule has 0 aliphatic carbocycles. The lowest BCUT2D eigenvalue weighted by Crippen LogP contribution is -2.17. The molecular formula is C9H6BrF2NO2. The van der Waals surface area contributed by atoms with Crippen molar-refractivity contribution in [1.82, 2.24) is 0 Å². The van der Waals surface area contributed by atoms with Gasteiger partial charge in [-0.25, -0.2) is 8.78 Å². The first-order chi connectivity index (χ1) is 6.97. The van der Waals surface area contributed by atoms with Crippen LogP contribution in [0.25, 0.3) is 0 Å². The summed E-state index contributed by atoms with van der Waals surface area (Å²) < 4.78 is 25.8. The summed E-state index contributed by atoms with van der Waals surface area (Å²) >= 11 is 2.84. The Morgan fingerprint density at radius 2 is 1.93 bits per heavy atom. The van der Waals surface area contributed by atoms with E-state index in [-0.39, 0.29) is 10.0 Å². The first-order valence-electron chi connectivity index (χ1n) is 3.87. The van der Waals surface area contributed by atoms with Crippen molar-refractivity contribution >= 4 is 15.9 Å². The number of hydrogen-bond acceptors (Lipinski definition) is 3. The summed E-state index contributed by atoms with van der Waals surface area (Å²) in [7, 11) is 0. The molecule has 15 heavy (non-hydrogen) atoms. The van der Waals surface area contributed by atoms with Crippen molar-refractivity contribution in [2.24, 2.45) is 0 Å². The molecule has 0 heterocycles. The molecule has 0 aliphatic heterocycles. The number of rotatable bonds is 2. The Labute approximate surface area is 92.7 Å². The standard InChI is InChI=1S/C9H6BrF2NO2/c10-5-1-4(11)2-6(12)8(5)9(15)7(14)3-13/h1-2,7,9,14-15H. The van der Waals surface area contributed by atoms with Crippen molar-refractivity contribution < 1.29 is 19.0 Å². The molecule has 0 saturated carbocycles. The molecule has 0 amide bonds. The van der Waals surface area contributed by atoms with Gasteiger partial charge in [0.2, 0.25) is 0 Å². The van der Waals surface area contributed by atoms with Gasteiger partial charge < -0.3 is 10.2 Å². The second-order valence-electron chi connectivity index (χ2n) is 2.80. The van der Waals surface area contributed by atoms with Crippen LogP contribution < -0.4 is 0 Å². The molecule has 0 saturated heterocycles. The highest BCUT2D eigenvalue weighted by Crippen LogP contribution is 2.29. The maximum atomic E-state index is 13.2. The Balaban J connectivity index is 3.21. The van der Waals surface area contributed by atoms with Crippen molar-refractivity contribution in [2.45, 2.75) is 12.2 Å². The first-order valence-corrected chi connectivity index (χ1v) is 4.67. The van der Waals surface area contributed by atoms with Crippen LogP contribution in [0, 0.1) is 23.0 Å². The predicted octanol–water partition coefficient (Wildman–Crippen LogP) is 1.65. The second kappa shape index (κ2) is 4.66. The number of hydrogen-bond donors (Lipinski definition) is 2. The van der Waals surface area contributed by atoms with E-state index in [1.165, 1.54) is 6.07 Å². The summed E-state index contributed by atoms with van der Waals surface area (Å²) in [5, 5.41) is 26.7. The molecule has 2 N–H and O–H groups in total. The van der Waals surface area contributed by atoms with Gasteiger partial charge in [-0.3, -0.25) is 0 Å². The maximum Gasteiger partial charge on any atom is 0.170 e. The molecule has 0 bridgehead atoms. The fraction of sp³-hybridized carbons (Fsp3) is 0.222. The Bertz CT molecular complexity index is 396. The van der Waals surface area contributed by atoms with Crippen LogP contribution in [0.3, 0.4) is 0 Å². The SMILES string of the molecule is N#CC(O)C(O)c1c(F)cc(F)cc1Br. The normalized spacial score (nSPS) is 14.4. The first kappa shape index (κ1) is 12.0. The highest BCUT2D eigenvalue weighted by Gasteiger charge is 2.24. The molecule has 1 rings (SSSR count). The van der Waals surface area contributed by atoms with Crippen molar-refractivity contribution in [3.63, 3.8) is 0 Å². The van der Waals surface area contributed by atoms with Crippen LogP contribution in [0.2, 0.25) is 0 Å². The zero-order valence-corrected chi connectivity index (χ0v) is 8.87. The Kier molecular flexibility index (Phi) is 3.74. The summed E-state index contributed by atoms with van der Waals surface area (Å²) in [6.45, 7) is 0. The monoisotopic (exact) mass is 277 g/mol. The number of aliphatic hydroxyl groups excluding tert-OH is 2. The summed E-state index contributed by atoms with van der Waals surface area (Å²) in [5.41, 5.74) is -0.342. The molecular weight excluding hydrogens is 272 g/mol. The molecule has 2 unspecified atom stereocenters. The summed E-state index contributed by atoms with van der Waals surface area (Å²) in [4.78, 5) is 0. The number of nitriles is 1. The average molecular weight is 278 g/mol. The molecule has 0 aliphatic rings. The van der Waals surface area contributed by atoms with Gasteiger partial charge in [-0.05, 0) is 6.07 Å². The minimum Gasteiger partial charge on any atom is -0.384 e. The number of nitrogens with zero attached hydrogens (tertiary/aromatic N) is 1. The van der Waals surface area contributed by atoms with E-state index in [4.69, 9.17) is 10.4 Å². The molecule has 1 aromatic rings. The summed E-state index contributed by atoms with van der Waals surface area (Å²) in [5.74, 6) is -1.84. The summed E-state index contributed by atoms with van der Waals surface area (Å²) in [6, 6.07) is 2.86. The minimum atomic E-state index is -1.76. The van der Waals surface area contributed by atoms with Crippen molar-refractivity contribution in [1.29, 1.82) is 5.26 Å². The van der Waals surface area contributed by atoms with E-state index in [0.717, 1.165) is 6.07 Å². The lowest BCUT2D eigenvalue weighted by atomic mass is 10.0. The largest absolute Gasteiger partial charge is 0.384 e. The lowest BCUT2D eigenvalue weighted by molar-refractivity contribution is 0.0497. The molecule has 0 aromatic heterocycles. The van der Waals surface area contributed by atoms with E-state index in [2.05, 4.69) is 15.9 Å². The van der Waals surface area contributed by atoms with Gasteiger partial charge in [0, 0.05) is 16.1 Å². The quantitative estimate of drug-likeness (QED) is 0.808. The molecule has 0 spiro atoms. The number of halogens is 3. The van der Waals surface area contributed by atoms with E-state index < -0.39 is 23.8 Å². The van der Waals surface area contributed by atoms with Crippen LogP contribution in [0.5, 0.6) is 0 Å². The van der Waals surface area contributed by atoms with Crippen LogP contribution in [-0.4, -0.2) is 16.3 Å². The van der Waals surface area contributed by atoms with Gasteiger partial charge in [0.05, 0.1) is 6.07 Å². The number of benzene rings is 1. The van der Waals surface area contributed by atoms with Gasteiger partial charge in [0.1, 0.15) is 17.7 Å². The Morgan fingerprint density at radius 1 is 1.33 bits per heavy atom. The molecule has 1 aromatic carbocycles. The molecule has 0 radical (unpaired) electrons. The fourth-order valence-electron chi connectivity index (χ4n) is 1.06. The topological polar surface area (TPSA) is 64.2 Å². The molecule has 80 valence electrons. The van der Waals surface area contributed by atoms with E-state index in [1.807, 2.05) is 0 Å². The molecule has 3 nitrogen and oxygen atoms in total. The van der Waals surface area contributed by atoms with Gasteiger partial charge in [-0.15, -0.1) is 0 Å². The van der Waals surface area contributed by atoms with Crippen molar-refractivity contribution in [3.8, 4) is 6.07 Å². The lowest BCUT2D eigenvalue weighted by Gasteiger charge is -2.14. The minimum absolute atomic E-state index is 0.0400. The fourth-order valence-corrected chi connectivity index (χ4v) is 1.71. The van der Waals surface area contributed by atoms with Crippen LogP contribution in [0.4, 0.5) is 8.78 Å². The van der Waals surface area contributed by atoms with Crippen molar-refractivity contribution in [2.75, 3.05) is 0 Å². The van der Waals surface area contributed by atoms with Gasteiger partial charge >= 0.3 is 0 Å². The third-order valence-electron chi connectivity index (χ3n) is 1.77. The van der Waals surface area contributed by atoms with Gasteiger partial charge in [-0.1, -0.05) is 15.9 Å². The Hall–Kier alpha value is -1.03. The van der Waals surface area contributed by atoms with Gasteiger partial charge in [0.25, 0.3) is 0 Å². The smallest absolute Gasteiger partial charge is 0.170 e. The van der Waals surface area contributed by atoms with Gasteiger partial charge in [0.15, 0.2) is 6.10 Å². The molecule has 6 heteroatoms. The van der Waals surface area contributed by atoms with Crippen LogP contribution in [0.15, 0.2) is 16.6 Å². The van der Waals surface area contributed by atoms with E-state index >= 15 is 0 Å².